The highest BCUT2D eigenvalue weighted by atomic mass is 19.4. The number of anilines is 1. The van der Waals surface area contributed by atoms with E-state index >= 15 is 0 Å². The van der Waals surface area contributed by atoms with E-state index in [-0.39, 0.29) is 12.6 Å². The highest BCUT2D eigenvalue weighted by Crippen LogP contribution is 2.29. The lowest BCUT2D eigenvalue weighted by Gasteiger charge is -2.36. The molecule has 1 N–H and O–H groups in total. The molecule has 8 heteroatoms. The monoisotopic (exact) mass is 393 g/mol. The lowest BCUT2D eigenvalue weighted by atomic mass is 10.1. The van der Waals surface area contributed by atoms with Gasteiger partial charge in [0.15, 0.2) is 0 Å². The number of ether oxygens (including phenoxy) is 1. The quantitative estimate of drug-likeness (QED) is 0.861. The number of methoxy groups -OCH3 is 1. The second kappa shape index (κ2) is 8.41. The van der Waals surface area contributed by atoms with Gasteiger partial charge in [-0.2, -0.15) is 13.2 Å². The predicted octanol–water partition coefficient (Wildman–Crippen LogP) is 3.75. The standard InChI is InChI=1S/C20H22F3N3O2/c1-28-18-8-6-17(7-9-18)25-10-12-26(13-11-25)19(27)24-14-15-2-4-16(5-3-15)20(21,22)23/h2-9H,10-14H2,1H3,(H,24,27). The van der Waals surface area contributed by atoms with E-state index in [1.807, 2.05) is 24.3 Å². The van der Waals surface area contributed by atoms with Gasteiger partial charge < -0.3 is 19.9 Å². The van der Waals surface area contributed by atoms with Crippen molar-refractivity contribution < 1.29 is 22.7 Å². The molecule has 2 amide bonds. The summed E-state index contributed by atoms with van der Waals surface area (Å²) in [5.41, 5.74) is 1.00. The van der Waals surface area contributed by atoms with Crippen LogP contribution in [0.5, 0.6) is 5.75 Å². The Kier molecular flexibility index (Phi) is 5.96. The van der Waals surface area contributed by atoms with Crippen molar-refractivity contribution in [2.75, 3.05) is 38.2 Å². The molecule has 1 saturated heterocycles. The molecule has 150 valence electrons. The van der Waals surface area contributed by atoms with Crippen LogP contribution in [0.4, 0.5) is 23.7 Å². The first-order valence-electron chi connectivity index (χ1n) is 8.95. The summed E-state index contributed by atoms with van der Waals surface area (Å²) in [4.78, 5) is 16.2. The number of nitrogens with zero attached hydrogens (tertiary/aromatic N) is 2. The van der Waals surface area contributed by atoms with Crippen LogP contribution in [0.3, 0.4) is 0 Å². The fourth-order valence-electron chi connectivity index (χ4n) is 3.06. The Labute approximate surface area is 161 Å². The molecule has 0 aromatic heterocycles. The first-order valence-corrected chi connectivity index (χ1v) is 8.95. The first kappa shape index (κ1) is 19.9. The van der Waals surface area contributed by atoms with E-state index in [4.69, 9.17) is 4.74 Å². The number of hydrogen-bond acceptors (Lipinski definition) is 3. The molecule has 1 fully saturated rings. The number of amides is 2. The minimum atomic E-state index is -4.36. The molecule has 1 aliphatic heterocycles. The minimum absolute atomic E-state index is 0.190. The predicted molar refractivity (Wildman–Crippen MR) is 100 cm³/mol. The van der Waals surface area contributed by atoms with E-state index < -0.39 is 11.7 Å². The molecule has 1 aliphatic rings. The van der Waals surface area contributed by atoms with Gasteiger partial charge in [0, 0.05) is 38.4 Å². The van der Waals surface area contributed by atoms with Crippen LogP contribution < -0.4 is 15.0 Å². The van der Waals surface area contributed by atoms with E-state index in [1.165, 1.54) is 12.1 Å². The molecular formula is C20H22F3N3O2. The highest BCUT2D eigenvalue weighted by molar-refractivity contribution is 5.74. The Morgan fingerprint density at radius 1 is 1.00 bits per heavy atom. The van der Waals surface area contributed by atoms with Crippen LogP contribution in [0.15, 0.2) is 48.5 Å². The number of urea groups is 1. The number of benzene rings is 2. The number of alkyl halides is 3. The first-order chi connectivity index (χ1) is 13.4. The summed E-state index contributed by atoms with van der Waals surface area (Å²) >= 11 is 0. The normalized spacial score (nSPS) is 14.7. The number of piperazine rings is 1. The molecule has 0 saturated carbocycles. The second-order valence-electron chi connectivity index (χ2n) is 6.53. The van der Waals surface area contributed by atoms with E-state index in [0.717, 1.165) is 23.6 Å². The molecule has 0 bridgehead atoms. The molecule has 5 nitrogen and oxygen atoms in total. The number of rotatable bonds is 4. The van der Waals surface area contributed by atoms with Gasteiger partial charge in [-0.05, 0) is 42.0 Å². The highest BCUT2D eigenvalue weighted by Gasteiger charge is 2.30. The Morgan fingerprint density at radius 3 is 2.14 bits per heavy atom. The summed E-state index contributed by atoms with van der Waals surface area (Å²) in [7, 11) is 1.62. The molecule has 1 heterocycles. The summed E-state index contributed by atoms with van der Waals surface area (Å²) in [6.07, 6.45) is -4.36. The van der Waals surface area contributed by atoms with E-state index in [9.17, 15) is 18.0 Å². The fourth-order valence-corrected chi connectivity index (χ4v) is 3.06. The maximum Gasteiger partial charge on any atom is 0.416 e. The van der Waals surface area contributed by atoms with Crippen molar-refractivity contribution >= 4 is 11.7 Å². The van der Waals surface area contributed by atoms with Crippen LogP contribution in [-0.4, -0.2) is 44.2 Å². The van der Waals surface area contributed by atoms with Crippen molar-refractivity contribution in [2.24, 2.45) is 0 Å². The zero-order chi connectivity index (χ0) is 20.1. The van der Waals surface area contributed by atoms with Gasteiger partial charge in [-0.15, -0.1) is 0 Å². The van der Waals surface area contributed by atoms with Crippen molar-refractivity contribution in [1.82, 2.24) is 10.2 Å². The number of halogens is 3. The second-order valence-corrected chi connectivity index (χ2v) is 6.53. The maximum absolute atomic E-state index is 12.6. The average molecular weight is 393 g/mol. The number of carbonyl (C=O) groups is 1. The number of carbonyl (C=O) groups excluding carboxylic acids is 1. The van der Waals surface area contributed by atoms with Gasteiger partial charge >= 0.3 is 12.2 Å². The largest absolute Gasteiger partial charge is 0.497 e. The molecule has 28 heavy (non-hydrogen) atoms. The minimum Gasteiger partial charge on any atom is -0.497 e. The lowest BCUT2D eigenvalue weighted by Crippen LogP contribution is -2.51. The van der Waals surface area contributed by atoms with Gasteiger partial charge in [0.05, 0.1) is 12.7 Å². The molecule has 2 aromatic rings. The topological polar surface area (TPSA) is 44.8 Å². The third kappa shape index (κ3) is 4.88. The van der Waals surface area contributed by atoms with Gasteiger partial charge in [0.1, 0.15) is 5.75 Å². The molecule has 0 aliphatic carbocycles. The van der Waals surface area contributed by atoms with E-state index in [1.54, 1.807) is 12.0 Å². The van der Waals surface area contributed by atoms with Gasteiger partial charge in [-0.1, -0.05) is 12.1 Å². The number of hydrogen-bond donors (Lipinski definition) is 1. The molecular weight excluding hydrogens is 371 g/mol. The number of nitrogens with one attached hydrogen (secondary N) is 1. The van der Waals surface area contributed by atoms with Crippen LogP contribution in [0.1, 0.15) is 11.1 Å². The lowest BCUT2D eigenvalue weighted by molar-refractivity contribution is -0.137. The SMILES string of the molecule is COc1ccc(N2CCN(C(=O)NCc3ccc(C(F)(F)F)cc3)CC2)cc1. The van der Waals surface area contributed by atoms with Crippen molar-refractivity contribution in [3.05, 3.63) is 59.7 Å². The van der Waals surface area contributed by atoms with Gasteiger partial charge in [-0.25, -0.2) is 4.79 Å². The van der Waals surface area contributed by atoms with E-state index in [0.29, 0.717) is 31.7 Å². The zero-order valence-electron chi connectivity index (χ0n) is 15.5. The third-order valence-electron chi connectivity index (χ3n) is 4.73. The Hall–Kier alpha value is -2.90. The fraction of sp³-hybridized carbons (Fsp3) is 0.350. The molecule has 3 rings (SSSR count). The van der Waals surface area contributed by atoms with Crippen LogP contribution in [0, 0.1) is 0 Å². The zero-order valence-corrected chi connectivity index (χ0v) is 15.5. The summed E-state index contributed by atoms with van der Waals surface area (Å²) in [6, 6.07) is 12.4. The van der Waals surface area contributed by atoms with Crippen LogP contribution >= 0.6 is 0 Å². The molecule has 0 atom stereocenters. The summed E-state index contributed by atoms with van der Waals surface area (Å²) < 4.78 is 42.9. The molecule has 0 radical (unpaired) electrons. The van der Waals surface area contributed by atoms with Crippen molar-refractivity contribution in [3.63, 3.8) is 0 Å². The van der Waals surface area contributed by atoms with Crippen molar-refractivity contribution in [2.45, 2.75) is 12.7 Å². The Balaban J connectivity index is 1.47. The van der Waals surface area contributed by atoms with Crippen LogP contribution in [0.2, 0.25) is 0 Å². The van der Waals surface area contributed by atoms with Crippen LogP contribution in [-0.2, 0) is 12.7 Å². The van der Waals surface area contributed by atoms with Gasteiger partial charge in [0.25, 0.3) is 0 Å². The van der Waals surface area contributed by atoms with Gasteiger partial charge in [0.2, 0.25) is 0 Å². The Morgan fingerprint density at radius 2 is 1.61 bits per heavy atom. The molecule has 0 spiro atoms. The third-order valence-corrected chi connectivity index (χ3v) is 4.73. The van der Waals surface area contributed by atoms with Gasteiger partial charge in [-0.3, -0.25) is 0 Å². The smallest absolute Gasteiger partial charge is 0.416 e. The van der Waals surface area contributed by atoms with Crippen LogP contribution in [0.25, 0.3) is 0 Å². The maximum atomic E-state index is 12.6. The van der Waals surface area contributed by atoms with E-state index in [2.05, 4.69) is 10.2 Å². The summed E-state index contributed by atoms with van der Waals surface area (Å²) in [5.74, 6) is 0.796. The summed E-state index contributed by atoms with van der Waals surface area (Å²) in [6.45, 7) is 2.76. The van der Waals surface area contributed by atoms with Crippen molar-refractivity contribution in [3.8, 4) is 5.75 Å². The Bertz CT molecular complexity index is 784. The average Bonchev–Trinajstić information content (AvgIpc) is 2.72. The molecule has 0 unspecified atom stereocenters. The molecule has 2 aromatic carbocycles. The van der Waals surface area contributed by atoms with Crippen molar-refractivity contribution in [1.29, 1.82) is 0 Å². The summed E-state index contributed by atoms with van der Waals surface area (Å²) in [5, 5.41) is 2.77.